The molecule has 2 aliphatic carbocycles. The maximum atomic E-state index is 5.83. The van der Waals surface area contributed by atoms with Crippen molar-refractivity contribution in [3.63, 3.8) is 0 Å². The van der Waals surface area contributed by atoms with E-state index in [1.54, 1.807) is 0 Å². The molecule has 2 saturated carbocycles. The highest BCUT2D eigenvalue weighted by molar-refractivity contribution is 9.10. The summed E-state index contributed by atoms with van der Waals surface area (Å²) in [5.74, 6) is 1.95. The van der Waals surface area contributed by atoms with Crippen molar-refractivity contribution in [1.82, 2.24) is 5.32 Å². The average molecular weight is 310 g/mol. The molecule has 2 aliphatic rings. The van der Waals surface area contributed by atoms with Gasteiger partial charge >= 0.3 is 0 Å². The Morgan fingerprint density at radius 2 is 2.06 bits per heavy atom. The minimum absolute atomic E-state index is 0.747. The Balaban J connectivity index is 1.53. The van der Waals surface area contributed by atoms with Crippen molar-refractivity contribution in [2.45, 2.75) is 44.7 Å². The van der Waals surface area contributed by atoms with Gasteiger partial charge in [-0.3, -0.25) is 0 Å². The molecule has 3 rings (SSSR count). The standard InChI is InChI=1S/C15H20BrNO/c16-15-6-5-14(18-8-7-11-1-2-11)9-12(15)10-17-13-3-4-13/h5-6,9,11,13,17H,1-4,7-8,10H2. The molecule has 1 N–H and O–H groups in total. The number of halogens is 1. The van der Waals surface area contributed by atoms with Crippen molar-refractivity contribution in [2.24, 2.45) is 5.92 Å². The summed E-state index contributed by atoms with van der Waals surface area (Å²) in [6, 6.07) is 7.05. The van der Waals surface area contributed by atoms with Crippen LogP contribution in [-0.4, -0.2) is 12.6 Å². The molecular weight excluding hydrogens is 290 g/mol. The summed E-state index contributed by atoms with van der Waals surface area (Å²) in [6.45, 7) is 1.80. The van der Waals surface area contributed by atoms with Crippen molar-refractivity contribution >= 4 is 15.9 Å². The second kappa shape index (κ2) is 5.62. The smallest absolute Gasteiger partial charge is 0.119 e. The first-order valence-corrected chi connectivity index (χ1v) is 7.75. The van der Waals surface area contributed by atoms with Gasteiger partial charge in [0.25, 0.3) is 0 Å². The van der Waals surface area contributed by atoms with Gasteiger partial charge in [-0.25, -0.2) is 0 Å². The van der Waals surface area contributed by atoms with E-state index in [1.165, 1.54) is 42.1 Å². The van der Waals surface area contributed by atoms with Gasteiger partial charge in [0.05, 0.1) is 6.61 Å². The van der Waals surface area contributed by atoms with Gasteiger partial charge in [-0.05, 0) is 48.9 Å². The molecular formula is C15H20BrNO. The molecule has 1 aromatic rings. The Hall–Kier alpha value is -0.540. The normalized spacial score (nSPS) is 18.9. The Morgan fingerprint density at radius 3 is 2.78 bits per heavy atom. The molecule has 0 saturated heterocycles. The van der Waals surface area contributed by atoms with Gasteiger partial charge in [-0.2, -0.15) is 0 Å². The van der Waals surface area contributed by atoms with E-state index in [2.05, 4.69) is 39.4 Å². The fourth-order valence-electron chi connectivity index (χ4n) is 2.07. The monoisotopic (exact) mass is 309 g/mol. The first kappa shape index (κ1) is 12.5. The van der Waals surface area contributed by atoms with Crippen LogP contribution in [0.5, 0.6) is 5.75 Å². The average Bonchev–Trinajstić information content (AvgIpc) is 3.24. The highest BCUT2D eigenvalue weighted by Gasteiger charge is 2.21. The van der Waals surface area contributed by atoms with Crippen LogP contribution in [0, 0.1) is 5.92 Å². The third-order valence-corrected chi connectivity index (χ3v) is 4.44. The molecule has 0 atom stereocenters. The summed E-state index contributed by atoms with van der Waals surface area (Å²) < 4.78 is 7.00. The third kappa shape index (κ3) is 3.72. The summed E-state index contributed by atoms with van der Waals surface area (Å²) in [7, 11) is 0. The molecule has 0 bridgehead atoms. The third-order valence-electron chi connectivity index (χ3n) is 3.67. The van der Waals surface area contributed by atoms with Gasteiger partial charge in [-0.15, -0.1) is 0 Å². The Morgan fingerprint density at radius 1 is 1.22 bits per heavy atom. The van der Waals surface area contributed by atoms with E-state index in [4.69, 9.17) is 4.74 Å². The topological polar surface area (TPSA) is 21.3 Å². The maximum Gasteiger partial charge on any atom is 0.119 e. The van der Waals surface area contributed by atoms with Crippen LogP contribution in [0.15, 0.2) is 22.7 Å². The number of ether oxygens (including phenoxy) is 1. The van der Waals surface area contributed by atoms with E-state index in [9.17, 15) is 0 Å². The Kier molecular flexibility index (Phi) is 3.90. The van der Waals surface area contributed by atoms with E-state index in [0.29, 0.717) is 0 Å². The minimum Gasteiger partial charge on any atom is -0.494 e. The van der Waals surface area contributed by atoms with Crippen LogP contribution in [0.2, 0.25) is 0 Å². The summed E-state index contributed by atoms with van der Waals surface area (Å²) in [5.41, 5.74) is 1.30. The SMILES string of the molecule is Brc1ccc(OCCC2CC2)cc1CNC1CC1. The lowest BCUT2D eigenvalue weighted by molar-refractivity contribution is 0.302. The largest absolute Gasteiger partial charge is 0.494 e. The van der Waals surface area contributed by atoms with Gasteiger partial charge in [-0.1, -0.05) is 28.8 Å². The summed E-state index contributed by atoms with van der Waals surface area (Å²) in [5, 5.41) is 3.54. The molecule has 0 amide bonds. The summed E-state index contributed by atoms with van der Waals surface area (Å²) in [6.07, 6.45) is 6.68. The highest BCUT2D eigenvalue weighted by atomic mass is 79.9. The molecule has 0 aromatic heterocycles. The van der Waals surface area contributed by atoms with Gasteiger partial charge in [0.15, 0.2) is 0 Å². The van der Waals surface area contributed by atoms with E-state index in [-0.39, 0.29) is 0 Å². The highest BCUT2D eigenvalue weighted by Crippen LogP contribution is 2.32. The zero-order valence-electron chi connectivity index (χ0n) is 10.6. The molecule has 0 unspecified atom stereocenters. The molecule has 1 aromatic carbocycles. The molecule has 0 heterocycles. The second-order valence-electron chi connectivity index (χ2n) is 5.49. The molecule has 2 nitrogen and oxygen atoms in total. The number of rotatable bonds is 7. The predicted molar refractivity (Wildman–Crippen MR) is 76.8 cm³/mol. The summed E-state index contributed by atoms with van der Waals surface area (Å²) >= 11 is 3.61. The van der Waals surface area contributed by atoms with Gasteiger partial charge in [0.2, 0.25) is 0 Å². The summed E-state index contributed by atoms with van der Waals surface area (Å²) in [4.78, 5) is 0. The van der Waals surface area contributed by atoms with Crippen molar-refractivity contribution < 1.29 is 4.74 Å². The van der Waals surface area contributed by atoms with E-state index in [1.807, 2.05) is 0 Å². The minimum atomic E-state index is 0.747. The van der Waals surface area contributed by atoms with Gasteiger partial charge in [0.1, 0.15) is 5.75 Å². The van der Waals surface area contributed by atoms with Crippen LogP contribution in [0.1, 0.15) is 37.7 Å². The van der Waals surface area contributed by atoms with Crippen molar-refractivity contribution in [3.8, 4) is 5.75 Å². The quantitative estimate of drug-likeness (QED) is 0.825. The number of benzene rings is 1. The zero-order valence-corrected chi connectivity index (χ0v) is 12.2. The fraction of sp³-hybridized carbons (Fsp3) is 0.600. The van der Waals surface area contributed by atoms with Gasteiger partial charge < -0.3 is 10.1 Å². The molecule has 0 radical (unpaired) electrons. The lowest BCUT2D eigenvalue weighted by Gasteiger charge is -2.10. The van der Waals surface area contributed by atoms with Gasteiger partial charge in [0, 0.05) is 17.1 Å². The number of hydrogen-bond donors (Lipinski definition) is 1. The second-order valence-corrected chi connectivity index (χ2v) is 6.34. The van der Waals surface area contributed by atoms with Crippen molar-refractivity contribution in [2.75, 3.05) is 6.61 Å². The van der Waals surface area contributed by atoms with Crippen LogP contribution in [0.25, 0.3) is 0 Å². The molecule has 2 fully saturated rings. The van der Waals surface area contributed by atoms with Crippen molar-refractivity contribution in [1.29, 1.82) is 0 Å². The van der Waals surface area contributed by atoms with Crippen LogP contribution in [0.4, 0.5) is 0 Å². The maximum absolute atomic E-state index is 5.83. The molecule has 18 heavy (non-hydrogen) atoms. The van der Waals surface area contributed by atoms with E-state index < -0.39 is 0 Å². The lowest BCUT2D eigenvalue weighted by Crippen LogP contribution is -2.15. The van der Waals surface area contributed by atoms with E-state index in [0.717, 1.165) is 30.9 Å². The van der Waals surface area contributed by atoms with Crippen molar-refractivity contribution in [3.05, 3.63) is 28.2 Å². The molecule has 98 valence electrons. The molecule has 0 aliphatic heterocycles. The number of hydrogen-bond acceptors (Lipinski definition) is 2. The fourth-order valence-corrected chi connectivity index (χ4v) is 2.45. The molecule has 3 heteroatoms. The Labute approximate surface area is 117 Å². The Bertz CT molecular complexity index is 413. The zero-order chi connectivity index (χ0) is 12.4. The van der Waals surface area contributed by atoms with Crippen LogP contribution < -0.4 is 10.1 Å². The first-order valence-electron chi connectivity index (χ1n) is 6.96. The lowest BCUT2D eigenvalue weighted by atomic mass is 10.2. The first-order chi connectivity index (χ1) is 8.81. The van der Waals surface area contributed by atoms with Crippen LogP contribution >= 0.6 is 15.9 Å². The predicted octanol–water partition coefficient (Wildman–Crippen LogP) is 3.88. The van der Waals surface area contributed by atoms with Crippen LogP contribution in [-0.2, 0) is 6.54 Å². The molecule has 0 spiro atoms. The number of nitrogens with one attached hydrogen (secondary N) is 1. The van der Waals surface area contributed by atoms with E-state index >= 15 is 0 Å². The van der Waals surface area contributed by atoms with Crippen LogP contribution in [0.3, 0.4) is 0 Å².